The number of rotatable bonds is 3. The molecule has 4 heteroatoms. The lowest BCUT2D eigenvalue weighted by Gasteiger charge is -2.10. The summed E-state index contributed by atoms with van der Waals surface area (Å²) in [7, 11) is 0. The maximum atomic E-state index is 6.22. The van der Waals surface area contributed by atoms with Gasteiger partial charge in [0.25, 0.3) is 0 Å². The van der Waals surface area contributed by atoms with Crippen LogP contribution >= 0.6 is 11.6 Å². The van der Waals surface area contributed by atoms with E-state index in [0.717, 1.165) is 23.5 Å². The van der Waals surface area contributed by atoms with E-state index in [4.69, 9.17) is 17.3 Å². The number of aromatic nitrogens is 2. The number of aryl methyl sites for hydroxylation is 1. The summed E-state index contributed by atoms with van der Waals surface area (Å²) in [5, 5.41) is 0.697. The summed E-state index contributed by atoms with van der Waals surface area (Å²) in [6.45, 7) is 4.90. The average Bonchev–Trinajstić information content (AvgIpc) is 2.76. The maximum absolute atomic E-state index is 6.22. The minimum absolute atomic E-state index is 0.0533. The maximum Gasteiger partial charge on any atom is 0.139 e. The Kier molecular flexibility index (Phi) is 3.50. The van der Waals surface area contributed by atoms with Crippen molar-refractivity contribution in [2.24, 2.45) is 5.73 Å². The molecule has 2 aromatic rings. The smallest absolute Gasteiger partial charge is 0.139 e. The highest BCUT2D eigenvalue weighted by Gasteiger charge is 2.09. The minimum atomic E-state index is -0.0533. The molecule has 2 rings (SSSR count). The lowest BCUT2D eigenvalue weighted by atomic mass is 10.1. The Bertz CT molecular complexity index is 517. The van der Waals surface area contributed by atoms with Gasteiger partial charge in [-0.3, -0.25) is 0 Å². The topological polar surface area (TPSA) is 43.8 Å². The first kappa shape index (κ1) is 12.1. The average molecular weight is 250 g/mol. The van der Waals surface area contributed by atoms with Crippen molar-refractivity contribution in [1.82, 2.24) is 9.55 Å². The van der Waals surface area contributed by atoms with E-state index >= 15 is 0 Å². The van der Waals surface area contributed by atoms with Gasteiger partial charge in [0.15, 0.2) is 0 Å². The molecule has 1 aromatic heterocycles. The van der Waals surface area contributed by atoms with Crippen LogP contribution in [0.1, 0.15) is 25.5 Å². The summed E-state index contributed by atoms with van der Waals surface area (Å²) in [6.07, 6.45) is 3.76. The largest absolute Gasteiger partial charge is 0.331 e. The third-order valence-electron chi connectivity index (χ3n) is 2.81. The standard InChI is InChI=1S/C13H16ClN3/c1-3-17-7-6-16-13(17)10-4-5-11(9(2)15)12(14)8-10/h4-9H,3,15H2,1-2H3. The molecule has 0 aliphatic carbocycles. The molecule has 1 unspecified atom stereocenters. The summed E-state index contributed by atoms with van der Waals surface area (Å²) >= 11 is 6.22. The van der Waals surface area contributed by atoms with Gasteiger partial charge in [0.1, 0.15) is 5.82 Å². The molecule has 17 heavy (non-hydrogen) atoms. The lowest BCUT2D eigenvalue weighted by Crippen LogP contribution is -2.05. The fraction of sp³-hybridized carbons (Fsp3) is 0.308. The van der Waals surface area contributed by atoms with Crippen molar-refractivity contribution in [3.05, 3.63) is 41.2 Å². The predicted octanol–water partition coefficient (Wildman–Crippen LogP) is 3.24. The summed E-state index contributed by atoms with van der Waals surface area (Å²) < 4.78 is 2.08. The fourth-order valence-corrected chi connectivity index (χ4v) is 2.21. The second-order valence-electron chi connectivity index (χ2n) is 4.06. The molecular weight excluding hydrogens is 234 g/mol. The zero-order valence-corrected chi connectivity index (χ0v) is 10.8. The van der Waals surface area contributed by atoms with Crippen molar-refractivity contribution in [3.8, 4) is 11.4 Å². The second-order valence-corrected chi connectivity index (χ2v) is 4.47. The zero-order valence-electron chi connectivity index (χ0n) is 10.0. The van der Waals surface area contributed by atoms with Crippen LogP contribution in [-0.4, -0.2) is 9.55 Å². The van der Waals surface area contributed by atoms with E-state index in [2.05, 4.69) is 16.5 Å². The van der Waals surface area contributed by atoms with Gasteiger partial charge in [0, 0.05) is 35.6 Å². The van der Waals surface area contributed by atoms with Crippen LogP contribution in [0.25, 0.3) is 11.4 Å². The van der Waals surface area contributed by atoms with Crippen LogP contribution in [0.5, 0.6) is 0 Å². The van der Waals surface area contributed by atoms with Crippen molar-refractivity contribution in [2.75, 3.05) is 0 Å². The van der Waals surface area contributed by atoms with Crippen LogP contribution in [0.4, 0.5) is 0 Å². The third kappa shape index (κ3) is 2.35. The van der Waals surface area contributed by atoms with Crippen molar-refractivity contribution in [1.29, 1.82) is 0 Å². The molecule has 0 saturated carbocycles. The number of hydrogen-bond acceptors (Lipinski definition) is 2. The first-order valence-corrected chi connectivity index (χ1v) is 6.07. The summed E-state index contributed by atoms with van der Waals surface area (Å²) in [4.78, 5) is 4.35. The Hall–Kier alpha value is -1.32. The van der Waals surface area contributed by atoms with Crippen LogP contribution in [0, 0.1) is 0 Å². The number of hydrogen-bond donors (Lipinski definition) is 1. The lowest BCUT2D eigenvalue weighted by molar-refractivity contribution is 0.770. The van der Waals surface area contributed by atoms with E-state index < -0.39 is 0 Å². The molecular formula is C13H16ClN3. The van der Waals surface area contributed by atoms with Gasteiger partial charge in [-0.25, -0.2) is 4.98 Å². The molecule has 0 saturated heterocycles. The van der Waals surface area contributed by atoms with Crippen molar-refractivity contribution in [2.45, 2.75) is 26.4 Å². The molecule has 0 bridgehead atoms. The number of benzene rings is 1. The molecule has 3 nitrogen and oxygen atoms in total. The highest BCUT2D eigenvalue weighted by atomic mass is 35.5. The van der Waals surface area contributed by atoms with Gasteiger partial charge in [-0.2, -0.15) is 0 Å². The first-order chi connectivity index (χ1) is 8.13. The molecule has 90 valence electrons. The molecule has 1 aromatic carbocycles. The quantitative estimate of drug-likeness (QED) is 0.908. The molecule has 0 amide bonds. The van der Waals surface area contributed by atoms with Crippen LogP contribution in [0.15, 0.2) is 30.6 Å². The summed E-state index contributed by atoms with van der Waals surface area (Å²) in [5.41, 5.74) is 7.82. The van der Waals surface area contributed by atoms with Gasteiger partial charge in [-0.15, -0.1) is 0 Å². The SMILES string of the molecule is CCn1ccnc1-c1ccc(C(C)N)c(Cl)c1. The first-order valence-electron chi connectivity index (χ1n) is 5.70. The Morgan fingerprint density at radius 1 is 1.47 bits per heavy atom. The van der Waals surface area contributed by atoms with Crippen LogP contribution < -0.4 is 5.73 Å². The van der Waals surface area contributed by atoms with Crippen molar-refractivity contribution in [3.63, 3.8) is 0 Å². The van der Waals surface area contributed by atoms with Gasteiger partial charge >= 0.3 is 0 Å². The molecule has 0 fully saturated rings. The number of nitrogens with two attached hydrogens (primary N) is 1. The molecule has 0 spiro atoms. The van der Waals surface area contributed by atoms with Gasteiger partial charge in [-0.05, 0) is 25.5 Å². The van der Waals surface area contributed by atoms with Gasteiger partial charge in [0.2, 0.25) is 0 Å². The Balaban J connectivity index is 2.45. The van der Waals surface area contributed by atoms with Crippen molar-refractivity contribution < 1.29 is 0 Å². The zero-order chi connectivity index (χ0) is 12.4. The molecule has 0 aliphatic rings. The summed E-state index contributed by atoms with van der Waals surface area (Å²) in [5.74, 6) is 0.936. The summed E-state index contributed by atoms with van der Waals surface area (Å²) in [6, 6.07) is 5.85. The number of nitrogens with zero attached hydrogens (tertiary/aromatic N) is 2. The van der Waals surface area contributed by atoms with Crippen LogP contribution in [0.3, 0.4) is 0 Å². The van der Waals surface area contributed by atoms with E-state index in [1.165, 1.54) is 0 Å². The number of imidazole rings is 1. The van der Waals surface area contributed by atoms with Crippen LogP contribution in [0.2, 0.25) is 5.02 Å². The van der Waals surface area contributed by atoms with Gasteiger partial charge < -0.3 is 10.3 Å². The minimum Gasteiger partial charge on any atom is -0.331 e. The fourth-order valence-electron chi connectivity index (χ4n) is 1.86. The van der Waals surface area contributed by atoms with Gasteiger partial charge in [0.05, 0.1) is 0 Å². The highest BCUT2D eigenvalue weighted by molar-refractivity contribution is 6.31. The third-order valence-corrected chi connectivity index (χ3v) is 3.13. The molecule has 0 aliphatic heterocycles. The molecule has 2 N–H and O–H groups in total. The Labute approximate surface area is 106 Å². The second kappa shape index (κ2) is 4.90. The normalized spacial score (nSPS) is 12.7. The van der Waals surface area contributed by atoms with Crippen molar-refractivity contribution >= 4 is 11.6 Å². The molecule has 1 atom stereocenters. The van der Waals surface area contributed by atoms with E-state index in [-0.39, 0.29) is 6.04 Å². The van der Waals surface area contributed by atoms with E-state index in [9.17, 15) is 0 Å². The van der Waals surface area contributed by atoms with E-state index in [1.807, 2.05) is 31.3 Å². The predicted molar refractivity (Wildman–Crippen MR) is 70.9 cm³/mol. The Morgan fingerprint density at radius 3 is 2.82 bits per heavy atom. The van der Waals surface area contributed by atoms with E-state index in [1.54, 1.807) is 6.20 Å². The monoisotopic (exact) mass is 249 g/mol. The molecule has 0 radical (unpaired) electrons. The highest BCUT2D eigenvalue weighted by Crippen LogP contribution is 2.27. The van der Waals surface area contributed by atoms with Gasteiger partial charge in [-0.1, -0.05) is 23.7 Å². The van der Waals surface area contributed by atoms with Crippen LogP contribution in [-0.2, 0) is 6.54 Å². The van der Waals surface area contributed by atoms with E-state index in [0.29, 0.717) is 5.02 Å². The molecule has 1 heterocycles. The number of halogens is 1. The Morgan fingerprint density at radius 2 is 2.24 bits per heavy atom.